The van der Waals surface area contributed by atoms with Crippen molar-refractivity contribution in [1.29, 1.82) is 0 Å². The molecule has 1 unspecified atom stereocenters. The quantitative estimate of drug-likeness (QED) is 0.792. The highest BCUT2D eigenvalue weighted by Gasteiger charge is 2.33. The molecule has 0 radical (unpaired) electrons. The fraction of sp³-hybridized carbons (Fsp3) is 0.409. The summed E-state index contributed by atoms with van der Waals surface area (Å²) in [7, 11) is 2.09. The fourth-order valence-electron chi connectivity index (χ4n) is 4.09. The van der Waals surface area contributed by atoms with Gasteiger partial charge >= 0.3 is 0 Å². The van der Waals surface area contributed by atoms with Gasteiger partial charge in [-0.05, 0) is 56.4 Å². The van der Waals surface area contributed by atoms with E-state index in [1.807, 2.05) is 11.8 Å². The number of carbonyl (C=O) groups excluding carboxylic acids is 1. The fourth-order valence-corrected chi connectivity index (χ4v) is 4.09. The molecule has 154 valence electrons. The van der Waals surface area contributed by atoms with E-state index in [-0.39, 0.29) is 23.6 Å². The number of anilines is 3. The molecule has 2 aromatic rings. The van der Waals surface area contributed by atoms with Crippen molar-refractivity contribution in [2.24, 2.45) is 0 Å². The Balaban J connectivity index is 1.61. The number of carbonyl (C=O) groups is 1. The van der Waals surface area contributed by atoms with Gasteiger partial charge in [0.05, 0.1) is 17.4 Å². The zero-order chi connectivity index (χ0) is 20.5. The summed E-state index contributed by atoms with van der Waals surface area (Å²) in [5.41, 5.74) is 2.09. The highest BCUT2D eigenvalue weighted by Crippen LogP contribution is 2.38. The van der Waals surface area contributed by atoms with Gasteiger partial charge in [0.1, 0.15) is 11.6 Å². The second-order valence-corrected chi connectivity index (χ2v) is 7.77. The van der Waals surface area contributed by atoms with Gasteiger partial charge in [-0.15, -0.1) is 0 Å². The SMILES string of the molecule is CC(C(=O)N1CCN(c2ccc(F)cc2)c2cc(F)ccc21)N1CCN(C)CC1. The van der Waals surface area contributed by atoms with Crippen LogP contribution in [0, 0.1) is 11.6 Å². The van der Waals surface area contributed by atoms with Crippen molar-refractivity contribution in [3.05, 3.63) is 54.1 Å². The molecular weight excluding hydrogens is 374 g/mol. The number of rotatable bonds is 3. The molecule has 29 heavy (non-hydrogen) atoms. The molecule has 0 spiro atoms. The second-order valence-electron chi connectivity index (χ2n) is 7.77. The van der Waals surface area contributed by atoms with Gasteiger partial charge in [0.15, 0.2) is 0 Å². The Bertz CT molecular complexity index is 881. The minimum absolute atomic E-state index is 0.0289. The van der Waals surface area contributed by atoms with Crippen LogP contribution in [-0.2, 0) is 4.79 Å². The lowest BCUT2D eigenvalue weighted by Crippen LogP contribution is -2.55. The lowest BCUT2D eigenvalue weighted by Gasteiger charge is -2.41. The number of halogens is 2. The van der Waals surface area contributed by atoms with Crippen LogP contribution in [0.5, 0.6) is 0 Å². The third-order valence-electron chi connectivity index (χ3n) is 5.91. The molecule has 2 aromatic carbocycles. The van der Waals surface area contributed by atoms with Crippen molar-refractivity contribution in [2.75, 3.05) is 56.1 Å². The molecule has 0 aliphatic carbocycles. The van der Waals surface area contributed by atoms with E-state index in [2.05, 4.69) is 16.8 Å². The zero-order valence-electron chi connectivity index (χ0n) is 16.8. The lowest BCUT2D eigenvalue weighted by atomic mass is 10.1. The molecule has 0 aromatic heterocycles. The van der Waals surface area contributed by atoms with Crippen molar-refractivity contribution in [2.45, 2.75) is 13.0 Å². The first-order valence-corrected chi connectivity index (χ1v) is 10.0. The number of hydrogen-bond donors (Lipinski definition) is 0. The molecule has 2 aliphatic rings. The predicted octanol–water partition coefficient (Wildman–Crippen LogP) is 3.09. The summed E-state index contributed by atoms with van der Waals surface area (Å²) in [6, 6.07) is 10.4. The highest BCUT2D eigenvalue weighted by atomic mass is 19.1. The van der Waals surface area contributed by atoms with Gasteiger partial charge in [-0.2, -0.15) is 0 Å². The van der Waals surface area contributed by atoms with Crippen molar-refractivity contribution in [1.82, 2.24) is 9.80 Å². The largest absolute Gasteiger partial charge is 0.338 e. The van der Waals surface area contributed by atoms with Gasteiger partial charge in [0.2, 0.25) is 5.91 Å². The maximum atomic E-state index is 14.1. The Kier molecular flexibility index (Phi) is 5.52. The number of likely N-dealkylation sites (N-methyl/N-ethyl adjacent to an activating group) is 1. The maximum absolute atomic E-state index is 14.1. The van der Waals surface area contributed by atoms with E-state index in [0.717, 1.165) is 31.9 Å². The molecule has 1 fully saturated rings. The minimum Gasteiger partial charge on any atom is -0.338 e. The van der Waals surface area contributed by atoms with Crippen molar-refractivity contribution in [3.8, 4) is 0 Å². The van der Waals surface area contributed by atoms with Gasteiger partial charge in [0.25, 0.3) is 0 Å². The van der Waals surface area contributed by atoms with Crippen molar-refractivity contribution >= 4 is 23.0 Å². The topological polar surface area (TPSA) is 30.0 Å². The lowest BCUT2D eigenvalue weighted by molar-refractivity contribution is -0.123. The number of fused-ring (bicyclic) bond motifs is 1. The van der Waals surface area contributed by atoms with Crippen LogP contribution in [0.2, 0.25) is 0 Å². The van der Waals surface area contributed by atoms with E-state index in [9.17, 15) is 13.6 Å². The van der Waals surface area contributed by atoms with E-state index in [0.29, 0.717) is 24.5 Å². The summed E-state index contributed by atoms with van der Waals surface area (Å²) in [6.07, 6.45) is 0. The monoisotopic (exact) mass is 400 g/mol. The normalized spacial score (nSPS) is 19.2. The van der Waals surface area contributed by atoms with Gasteiger partial charge < -0.3 is 14.7 Å². The Morgan fingerprint density at radius 1 is 0.862 bits per heavy atom. The van der Waals surface area contributed by atoms with E-state index < -0.39 is 0 Å². The first-order chi connectivity index (χ1) is 13.9. The number of benzene rings is 2. The first kappa shape index (κ1) is 19.8. The van der Waals surface area contributed by atoms with Gasteiger partial charge in [-0.3, -0.25) is 9.69 Å². The summed E-state index contributed by atoms with van der Waals surface area (Å²) < 4.78 is 27.4. The average molecular weight is 400 g/mol. The van der Waals surface area contributed by atoms with Gasteiger partial charge in [-0.25, -0.2) is 8.78 Å². The van der Waals surface area contributed by atoms with Crippen LogP contribution in [0.4, 0.5) is 25.8 Å². The molecule has 0 N–H and O–H groups in total. The van der Waals surface area contributed by atoms with Crippen LogP contribution in [-0.4, -0.2) is 68.1 Å². The third-order valence-corrected chi connectivity index (χ3v) is 5.91. The predicted molar refractivity (Wildman–Crippen MR) is 111 cm³/mol. The van der Waals surface area contributed by atoms with Gasteiger partial charge in [-0.1, -0.05) is 0 Å². The molecule has 7 heteroatoms. The highest BCUT2D eigenvalue weighted by molar-refractivity contribution is 6.01. The smallest absolute Gasteiger partial charge is 0.244 e. The summed E-state index contributed by atoms with van der Waals surface area (Å²) in [5.74, 6) is -0.651. The molecule has 4 rings (SSSR count). The molecule has 0 saturated carbocycles. The van der Waals surface area contributed by atoms with Crippen molar-refractivity contribution < 1.29 is 13.6 Å². The minimum atomic E-state index is -0.364. The van der Waals surface area contributed by atoms with Crippen molar-refractivity contribution in [3.63, 3.8) is 0 Å². The first-order valence-electron chi connectivity index (χ1n) is 10.0. The van der Waals surface area contributed by atoms with E-state index in [4.69, 9.17) is 0 Å². The molecule has 5 nitrogen and oxygen atoms in total. The van der Waals surface area contributed by atoms with Crippen LogP contribution >= 0.6 is 0 Å². The molecule has 1 saturated heterocycles. The molecule has 1 atom stereocenters. The molecule has 2 heterocycles. The van der Waals surface area contributed by atoms with Crippen LogP contribution < -0.4 is 9.80 Å². The average Bonchev–Trinajstić information content (AvgIpc) is 2.73. The maximum Gasteiger partial charge on any atom is 0.244 e. The van der Waals surface area contributed by atoms with Crippen LogP contribution in [0.25, 0.3) is 0 Å². The Labute approximate surface area is 170 Å². The summed E-state index contributed by atoms with van der Waals surface area (Å²) in [6.45, 7) is 6.55. The third kappa shape index (κ3) is 3.97. The van der Waals surface area contributed by atoms with E-state index in [1.165, 1.54) is 24.3 Å². The van der Waals surface area contributed by atoms with Crippen LogP contribution in [0.3, 0.4) is 0 Å². The number of nitrogens with zero attached hydrogens (tertiary/aromatic N) is 4. The summed E-state index contributed by atoms with van der Waals surface area (Å²) in [4.78, 5) is 21.5. The Morgan fingerprint density at radius 2 is 1.52 bits per heavy atom. The van der Waals surface area contributed by atoms with E-state index in [1.54, 1.807) is 23.1 Å². The zero-order valence-corrected chi connectivity index (χ0v) is 16.8. The molecule has 2 aliphatic heterocycles. The molecular formula is C22H26F2N4O. The van der Waals surface area contributed by atoms with Crippen LogP contribution in [0.15, 0.2) is 42.5 Å². The number of hydrogen-bond acceptors (Lipinski definition) is 4. The second kappa shape index (κ2) is 8.08. The Morgan fingerprint density at radius 3 is 2.21 bits per heavy atom. The summed E-state index contributed by atoms with van der Waals surface area (Å²) >= 11 is 0. The number of piperazine rings is 1. The molecule has 1 amide bonds. The van der Waals surface area contributed by atoms with E-state index >= 15 is 0 Å². The van der Waals surface area contributed by atoms with Crippen LogP contribution in [0.1, 0.15) is 6.92 Å². The Hall–Kier alpha value is -2.51. The molecule has 0 bridgehead atoms. The number of amides is 1. The summed E-state index contributed by atoms with van der Waals surface area (Å²) in [5, 5.41) is 0. The standard InChI is InChI=1S/C22H26F2N4O/c1-16(26-11-9-25(2)10-12-26)22(29)28-14-13-27(19-6-3-17(23)4-7-19)21-15-18(24)5-8-20(21)28/h3-8,15-16H,9-14H2,1-2H3. The van der Waals surface area contributed by atoms with Gasteiger partial charge in [0, 0.05) is 45.0 Å².